The highest BCUT2D eigenvalue weighted by Crippen LogP contribution is 2.64. The number of hydrogen-bond acceptors (Lipinski definition) is 6. The van der Waals surface area contributed by atoms with Crippen LogP contribution in [0, 0.1) is 31.6 Å². The van der Waals surface area contributed by atoms with Crippen molar-refractivity contribution >= 4 is 23.5 Å². The molecule has 6 atom stereocenters. The molecule has 3 saturated heterocycles. The Labute approximate surface area is 238 Å². The third-order valence-electron chi connectivity index (χ3n) is 8.85. The molecule has 2 amide bonds. The number of aliphatic hydroxyl groups excluding tert-OH is 1. The number of carbonyl (C=O) groups is 3. The van der Waals surface area contributed by atoms with E-state index in [4.69, 9.17) is 9.47 Å². The van der Waals surface area contributed by atoms with Crippen LogP contribution < -0.4 is 4.90 Å². The van der Waals surface area contributed by atoms with Crippen LogP contribution in [0.1, 0.15) is 57.6 Å². The number of hydrogen-bond donors (Lipinski definition) is 1. The van der Waals surface area contributed by atoms with E-state index >= 15 is 0 Å². The van der Waals surface area contributed by atoms with Gasteiger partial charge >= 0.3 is 5.97 Å². The summed E-state index contributed by atoms with van der Waals surface area (Å²) in [6.07, 6.45) is 5.32. The number of benzene rings is 1. The Morgan fingerprint density at radius 2 is 1.98 bits per heavy atom. The van der Waals surface area contributed by atoms with Crippen LogP contribution in [-0.4, -0.2) is 70.8 Å². The van der Waals surface area contributed by atoms with Crippen LogP contribution in [0.3, 0.4) is 0 Å². The van der Waals surface area contributed by atoms with Crippen LogP contribution in [0.2, 0.25) is 0 Å². The molecule has 0 aromatic heterocycles. The molecule has 3 aliphatic heterocycles. The number of aliphatic hydroxyl groups is 1. The monoisotopic (exact) mass is 552 g/mol. The molecule has 8 nitrogen and oxygen atoms in total. The van der Waals surface area contributed by atoms with Gasteiger partial charge in [-0.25, -0.2) is 0 Å². The Bertz CT molecular complexity index is 1180. The van der Waals surface area contributed by atoms with Crippen molar-refractivity contribution in [1.82, 2.24) is 4.90 Å². The van der Waals surface area contributed by atoms with Crippen molar-refractivity contribution in [3.05, 3.63) is 54.6 Å². The Kier molecular flexibility index (Phi) is 8.62. The molecule has 218 valence electrons. The first-order valence-corrected chi connectivity index (χ1v) is 14.4. The van der Waals surface area contributed by atoms with E-state index in [-0.39, 0.29) is 37.5 Å². The highest BCUT2D eigenvalue weighted by Gasteiger charge is 2.79. The maximum atomic E-state index is 14.8. The van der Waals surface area contributed by atoms with Crippen molar-refractivity contribution in [3.63, 3.8) is 0 Å². The minimum atomic E-state index is -1.20. The zero-order chi connectivity index (χ0) is 29.4. The number of anilines is 1. The minimum absolute atomic E-state index is 0.163. The van der Waals surface area contributed by atoms with Crippen molar-refractivity contribution in [2.24, 2.45) is 17.8 Å². The highest BCUT2D eigenvalue weighted by atomic mass is 16.6. The van der Waals surface area contributed by atoms with Gasteiger partial charge in [0.25, 0.3) is 5.91 Å². The van der Waals surface area contributed by atoms with Crippen molar-refractivity contribution in [2.45, 2.75) is 83.6 Å². The molecule has 2 bridgehead atoms. The molecule has 8 heteroatoms. The van der Waals surface area contributed by atoms with Gasteiger partial charge in [-0.2, -0.15) is 0 Å². The second-order valence-electron chi connectivity index (χ2n) is 12.2. The van der Waals surface area contributed by atoms with Gasteiger partial charge in [-0.05, 0) is 69.6 Å². The second kappa shape index (κ2) is 11.5. The highest BCUT2D eigenvalue weighted by molar-refractivity contribution is 6.05. The first-order valence-electron chi connectivity index (χ1n) is 14.4. The molecule has 0 aliphatic carbocycles. The van der Waals surface area contributed by atoms with Gasteiger partial charge in [0.2, 0.25) is 5.91 Å². The van der Waals surface area contributed by atoms with Crippen LogP contribution in [0.25, 0.3) is 0 Å². The van der Waals surface area contributed by atoms with Gasteiger partial charge < -0.3 is 24.4 Å². The number of aryl methyl sites for hydroxylation is 2. The van der Waals surface area contributed by atoms with E-state index in [0.717, 1.165) is 16.8 Å². The Balaban J connectivity index is 1.84. The number of rotatable bonds is 12. The molecule has 3 heterocycles. The Morgan fingerprint density at radius 3 is 2.60 bits per heavy atom. The zero-order valence-corrected chi connectivity index (χ0v) is 24.5. The number of amides is 2. The van der Waals surface area contributed by atoms with Crippen LogP contribution in [0.4, 0.5) is 5.69 Å². The van der Waals surface area contributed by atoms with Crippen molar-refractivity contribution in [3.8, 4) is 0 Å². The summed E-state index contributed by atoms with van der Waals surface area (Å²) >= 11 is 0. The molecule has 4 rings (SSSR count). The maximum absolute atomic E-state index is 14.8. The zero-order valence-electron chi connectivity index (χ0n) is 24.5. The smallest absolute Gasteiger partial charge is 0.312 e. The predicted octanol–water partition coefficient (Wildman–Crippen LogP) is 4.11. The van der Waals surface area contributed by atoms with Gasteiger partial charge in [-0.3, -0.25) is 14.4 Å². The number of ether oxygens (including phenoxy) is 2. The summed E-state index contributed by atoms with van der Waals surface area (Å²) in [4.78, 5) is 45.9. The van der Waals surface area contributed by atoms with Crippen LogP contribution in [0.15, 0.2) is 43.5 Å². The third kappa shape index (κ3) is 4.90. The van der Waals surface area contributed by atoms with E-state index in [1.54, 1.807) is 22.0 Å². The third-order valence-corrected chi connectivity index (χ3v) is 8.85. The molecule has 3 fully saturated rings. The molecule has 1 spiro atoms. The number of nitrogens with zero attached hydrogens (tertiary/aromatic N) is 2. The first kappa shape index (κ1) is 30.0. The van der Waals surface area contributed by atoms with Gasteiger partial charge in [0, 0.05) is 12.2 Å². The molecular weight excluding hydrogens is 508 g/mol. The van der Waals surface area contributed by atoms with Crippen LogP contribution in [-0.2, 0) is 23.9 Å². The number of esters is 1. The molecule has 1 aromatic carbocycles. The number of fused-ring (bicyclic) bond motifs is 1. The second-order valence-corrected chi connectivity index (χ2v) is 12.2. The lowest BCUT2D eigenvalue weighted by atomic mass is 9.66. The largest absolute Gasteiger partial charge is 0.465 e. The fourth-order valence-corrected chi connectivity index (χ4v) is 7.14. The predicted molar refractivity (Wildman–Crippen MR) is 154 cm³/mol. The Hall–Kier alpha value is -2.97. The van der Waals surface area contributed by atoms with E-state index in [1.165, 1.54) is 0 Å². The summed E-state index contributed by atoms with van der Waals surface area (Å²) < 4.78 is 12.3. The summed E-state index contributed by atoms with van der Waals surface area (Å²) in [5, 5.41) is 10.5. The quantitative estimate of drug-likeness (QED) is 0.238. The Morgan fingerprint density at radius 1 is 1.25 bits per heavy atom. The summed E-state index contributed by atoms with van der Waals surface area (Å²) in [5.74, 6) is -2.66. The van der Waals surface area contributed by atoms with E-state index in [2.05, 4.69) is 13.2 Å². The minimum Gasteiger partial charge on any atom is -0.465 e. The first-order chi connectivity index (χ1) is 19.0. The van der Waals surface area contributed by atoms with E-state index in [0.29, 0.717) is 25.7 Å². The average Bonchev–Trinajstić information content (AvgIpc) is 3.47. The summed E-state index contributed by atoms with van der Waals surface area (Å²) in [6.45, 7) is 17.5. The van der Waals surface area contributed by atoms with Crippen LogP contribution >= 0.6 is 0 Å². The lowest BCUT2D eigenvalue weighted by Gasteiger charge is -2.40. The molecule has 1 N–H and O–H groups in total. The molecule has 0 radical (unpaired) electrons. The van der Waals surface area contributed by atoms with Gasteiger partial charge in [0.1, 0.15) is 17.6 Å². The van der Waals surface area contributed by atoms with Crippen molar-refractivity contribution < 1.29 is 29.0 Å². The summed E-state index contributed by atoms with van der Waals surface area (Å²) in [7, 11) is 0. The fourth-order valence-electron chi connectivity index (χ4n) is 7.14. The fraction of sp³-hybridized carbons (Fsp3) is 0.594. The molecule has 3 aliphatic rings. The van der Waals surface area contributed by atoms with Gasteiger partial charge in [-0.1, -0.05) is 38.1 Å². The number of likely N-dealkylation sites (tertiary alicyclic amines) is 1. The molecule has 40 heavy (non-hydrogen) atoms. The number of carbonyl (C=O) groups excluding carboxylic acids is 3. The molecular formula is C32H44N2O6. The van der Waals surface area contributed by atoms with E-state index < -0.39 is 41.1 Å². The molecule has 1 aromatic rings. The van der Waals surface area contributed by atoms with E-state index in [1.807, 2.05) is 52.8 Å². The standard InChI is InChI=1S/C32H44N2O6/c1-8-10-16-39-30(38)26-25-28(36)34(23(19-35)17-20(3)4)27(32(25)14-13-31(26,7)40-32)29(37)33(15-9-2)24-18-21(5)11-12-22(24)6/h8-9,11-12,18,20,23,25-27,35H,1-2,10,13-17,19H2,3-7H3/t23-,25+,26+,27?,31-,32?/m1/s1. The molecule has 2 unspecified atom stereocenters. The van der Waals surface area contributed by atoms with E-state index in [9.17, 15) is 19.5 Å². The lowest BCUT2D eigenvalue weighted by molar-refractivity contribution is -0.160. The maximum Gasteiger partial charge on any atom is 0.312 e. The van der Waals surface area contributed by atoms with Crippen LogP contribution in [0.5, 0.6) is 0 Å². The van der Waals surface area contributed by atoms with Crippen molar-refractivity contribution in [2.75, 3.05) is 24.7 Å². The lowest BCUT2D eigenvalue weighted by Crippen LogP contribution is -2.59. The SMILES string of the molecule is C=CCCOC(=O)[C@@H]1[C@H]2C(=O)N([C@@H](CO)CC(C)C)C(C(=O)N(CC=C)c3cc(C)ccc3C)C23CC[C@@]1(C)O3. The summed E-state index contributed by atoms with van der Waals surface area (Å²) in [6, 6.07) is 4.31. The topological polar surface area (TPSA) is 96.4 Å². The van der Waals surface area contributed by atoms with Gasteiger partial charge in [0.15, 0.2) is 0 Å². The average molecular weight is 553 g/mol. The summed E-state index contributed by atoms with van der Waals surface area (Å²) in [5.41, 5.74) is 0.524. The van der Waals surface area contributed by atoms with Gasteiger partial charge in [0.05, 0.1) is 30.8 Å². The normalized spacial score (nSPS) is 29.4. The van der Waals surface area contributed by atoms with Crippen molar-refractivity contribution in [1.29, 1.82) is 0 Å². The van der Waals surface area contributed by atoms with Gasteiger partial charge in [-0.15, -0.1) is 13.2 Å². The molecule has 0 saturated carbocycles.